The summed E-state index contributed by atoms with van der Waals surface area (Å²) >= 11 is 0. The molecule has 6 aromatic rings. The number of hydrogen-bond acceptors (Lipinski definition) is 16. The third-order valence-electron chi connectivity index (χ3n) is 18.9. The summed E-state index contributed by atoms with van der Waals surface area (Å²) in [4.78, 5) is 68.1. The number of carboxylic acid groups (broad SMARTS) is 1. The fraction of sp³-hybridized carbons (Fsp3) is 0.387. The zero-order valence-electron chi connectivity index (χ0n) is 56.4. The number of fused-ring (bicyclic) bond motifs is 6. The van der Waals surface area contributed by atoms with Crippen LogP contribution in [0.2, 0.25) is 0 Å². The quantitative estimate of drug-likeness (QED) is 0.0484. The molecule has 0 atom stereocenters. The van der Waals surface area contributed by atoms with Crippen molar-refractivity contribution in [3.8, 4) is 34.5 Å². The fourth-order valence-electron chi connectivity index (χ4n) is 12.9. The molecule has 3 amide bonds. The Hall–Kier alpha value is -8.36. The van der Waals surface area contributed by atoms with Crippen LogP contribution in [0.5, 0.6) is 34.5 Å². The number of nitroso groups, excluding NO2 is 1. The number of anilines is 3. The third kappa shape index (κ3) is 15.7. The summed E-state index contributed by atoms with van der Waals surface area (Å²) in [7, 11) is 0. The first kappa shape index (κ1) is 74.4. The number of ether oxygens (including phenoxy) is 6. The van der Waals surface area contributed by atoms with Crippen LogP contribution in [0.15, 0.2) is 136 Å². The van der Waals surface area contributed by atoms with Crippen LogP contribution < -0.4 is 79.7 Å². The molecule has 0 radical (unpaired) electrons. The Morgan fingerprint density at radius 2 is 0.835 bits per heavy atom. The van der Waals surface area contributed by atoms with Gasteiger partial charge in [-0.05, 0) is 202 Å². The predicted molar refractivity (Wildman–Crippen MR) is 366 cm³/mol. The summed E-state index contributed by atoms with van der Waals surface area (Å²) in [5.74, 6) is 3.54. The number of aliphatic carboxylic acids is 1. The molecule has 6 aromatic carbocycles. The summed E-state index contributed by atoms with van der Waals surface area (Å²) < 4.78 is 32.6. The minimum absolute atomic E-state index is 0. The normalized spacial score (nSPS) is 16.9. The van der Waals surface area contributed by atoms with Gasteiger partial charge in [0.15, 0.2) is 34.5 Å². The monoisotopic (exact) mass is 1380 g/mol. The van der Waals surface area contributed by atoms with E-state index < -0.39 is 22.2 Å². The predicted octanol–water partition coefficient (Wildman–Crippen LogP) is 12.6. The molecule has 22 heteroatoms. The molecule has 97 heavy (non-hydrogen) atoms. The molecule has 500 valence electrons. The van der Waals surface area contributed by atoms with Crippen LogP contribution in [-0.4, -0.2) is 49.2 Å². The van der Waals surface area contributed by atoms with Crippen molar-refractivity contribution in [2.75, 3.05) is 36.3 Å². The smallest absolute Gasteiger partial charge is 0.481 e. The summed E-state index contributed by atoms with van der Waals surface area (Å²) in [5, 5.41) is 29.1. The molecule has 6 aliphatic carbocycles. The van der Waals surface area contributed by atoms with Gasteiger partial charge in [-0.15, -0.1) is 10.2 Å². The van der Waals surface area contributed by atoms with E-state index in [1.54, 1.807) is 0 Å². The van der Waals surface area contributed by atoms with Crippen LogP contribution >= 0.6 is 0 Å². The van der Waals surface area contributed by atoms with E-state index in [9.17, 15) is 19.3 Å². The number of carboxylic acids is 1. The minimum Gasteiger partial charge on any atom is -0.481 e. The molecule has 3 aliphatic heterocycles. The number of amides is 3. The Morgan fingerprint density at radius 3 is 1.20 bits per heavy atom. The summed E-state index contributed by atoms with van der Waals surface area (Å²) in [6.45, 7) is 21.3. The van der Waals surface area contributed by atoms with Crippen molar-refractivity contribution in [2.45, 2.75) is 151 Å². The molecule has 3 fully saturated rings. The number of carbonyl (C=O) groups excluding carboxylic acids is 3. The van der Waals surface area contributed by atoms with E-state index in [4.69, 9.17) is 54.2 Å². The molecular formula is C75H83N6NaO14Zn. The summed E-state index contributed by atoms with van der Waals surface area (Å²) in [5.41, 5.74) is 22.1. The van der Waals surface area contributed by atoms with Crippen molar-refractivity contribution in [1.29, 1.82) is 0 Å². The number of allylic oxidation sites excluding steroid dienone is 3. The van der Waals surface area contributed by atoms with Crippen LogP contribution in [0.4, 0.5) is 17.1 Å². The second-order valence-electron chi connectivity index (χ2n) is 28.3. The maximum absolute atomic E-state index is 13.2. The molecule has 0 aromatic heterocycles. The first-order valence-electron chi connectivity index (χ1n) is 31.6. The number of nitrogens with one attached hydrogen (secondary N) is 3. The van der Waals surface area contributed by atoms with Gasteiger partial charge in [-0.25, -0.2) is 0 Å². The maximum atomic E-state index is 13.2. The Labute approximate surface area is 600 Å². The van der Waals surface area contributed by atoms with Gasteiger partial charge >= 0.3 is 29.6 Å². The molecule has 3 saturated carbocycles. The Kier molecular flexibility index (Phi) is 22.2. The van der Waals surface area contributed by atoms with E-state index in [1.165, 1.54) is 27.8 Å². The molecule has 9 aliphatic rings. The Morgan fingerprint density at radius 1 is 0.495 bits per heavy atom. The molecule has 6 N–H and O–H groups in total. The molecule has 0 bridgehead atoms. The summed E-state index contributed by atoms with van der Waals surface area (Å²) in [6, 6.07) is 35.4. The van der Waals surface area contributed by atoms with Crippen LogP contribution in [0, 0.1) is 31.3 Å². The van der Waals surface area contributed by atoms with Crippen molar-refractivity contribution in [3.05, 3.63) is 191 Å². The van der Waals surface area contributed by atoms with E-state index in [0.717, 1.165) is 143 Å². The Bertz CT molecular complexity index is 4180. The number of benzene rings is 6. The summed E-state index contributed by atoms with van der Waals surface area (Å²) in [6.07, 6.45) is 9.82. The van der Waals surface area contributed by atoms with Crippen LogP contribution in [0.3, 0.4) is 0 Å². The third-order valence-corrected chi connectivity index (χ3v) is 18.9. The average molecular weight is 1380 g/mol. The van der Waals surface area contributed by atoms with Crippen molar-refractivity contribution in [1.82, 2.24) is 0 Å². The largest absolute Gasteiger partial charge is 1.00 e. The van der Waals surface area contributed by atoms with E-state index in [1.807, 2.05) is 91.0 Å². The second kappa shape index (κ2) is 29.0. The maximum Gasteiger partial charge on any atom is 1.00 e. The zero-order chi connectivity index (χ0) is 67.3. The van der Waals surface area contributed by atoms with Gasteiger partial charge in [0.2, 0.25) is 38.1 Å². The van der Waals surface area contributed by atoms with Crippen molar-refractivity contribution < 1.29 is 102 Å². The van der Waals surface area contributed by atoms with Gasteiger partial charge in [-0.1, -0.05) is 118 Å². The Balaban J connectivity index is 0.000000174. The van der Waals surface area contributed by atoms with Gasteiger partial charge in [-0.2, -0.15) is 0 Å². The number of nitrogens with two attached hydrogens (primary N) is 1. The van der Waals surface area contributed by atoms with Gasteiger partial charge < -0.3 is 65.3 Å². The first-order chi connectivity index (χ1) is 44.6. The molecule has 15 rings (SSSR count). The van der Waals surface area contributed by atoms with Crippen LogP contribution in [0.25, 0.3) is 17.5 Å². The van der Waals surface area contributed by atoms with Crippen molar-refractivity contribution >= 4 is 58.2 Å². The van der Waals surface area contributed by atoms with E-state index in [2.05, 4.69) is 108 Å². The first-order valence-corrected chi connectivity index (χ1v) is 31.6. The SMILES string of the molecule is C.CC(=O)O.CC(C)(C)C1=C(N)c2cc(NC(=O)C3(c4ccc5c(c4)OCO5)CC3)ccc2C1.CC(C)(C)C1=C(N=O)c2cc(NC(=O)C3(c4ccc5c(c4)OCO5)CC3)ccc2C1.CC(C)(C)C1=Cc2cc(NC(=O)C3(c4ccc5c(c4)OCO5)CC3)ccc2C1.O=N[O-].[Na+].[Zn]. The van der Waals surface area contributed by atoms with Crippen LogP contribution in [0.1, 0.15) is 165 Å². The molecule has 0 spiro atoms. The van der Waals surface area contributed by atoms with E-state index in [-0.39, 0.29) is 111 Å². The molecule has 20 nitrogen and oxygen atoms in total. The van der Waals surface area contributed by atoms with Crippen LogP contribution in [-0.2, 0) is 74.2 Å². The molecule has 0 unspecified atom stereocenters. The van der Waals surface area contributed by atoms with Crippen molar-refractivity contribution in [3.63, 3.8) is 0 Å². The minimum atomic E-state index is -0.833. The van der Waals surface area contributed by atoms with Crippen molar-refractivity contribution in [2.24, 2.45) is 32.5 Å². The van der Waals surface area contributed by atoms with E-state index >= 15 is 0 Å². The number of carbonyl (C=O) groups is 4. The fourth-order valence-corrected chi connectivity index (χ4v) is 12.9. The average Bonchev–Trinajstić information content (AvgIpc) is 1.61. The number of rotatable bonds is 10. The van der Waals surface area contributed by atoms with Gasteiger partial charge in [0.05, 0.1) is 16.2 Å². The molecule has 3 heterocycles. The van der Waals surface area contributed by atoms with Gasteiger partial charge in [0.1, 0.15) is 5.70 Å². The zero-order valence-corrected chi connectivity index (χ0v) is 61.4. The van der Waals surface area contributed by atoms with E-state index in [0.29, 0.717) is 28.6 Å². The molecule has 0 saturated heterocycles. The number of hydrogen-bond donors (Lipinski definition) is 5. The topological polar surface area (TPSA) is 288 Å². The van der Waals surface area contributed by atoms with Gasteiger partial charge in [0.25, 0.3) is 5.97 Å². The second-order valence-corrected chi connectivity index (χ2v) is 28.3. The number of nitrogens with zero attached hydrogens (tertiary/aromatic N) is 2. The van der Waals surface area contributed by atoms with Gasteiger partial charge in [0, 0.05) is 60.3 Å². The molecular weight excluding hydrogens is 1300 g/mol. The standard InChI is InChI=1S/C24H24N2O4.C24H26N2O3.C24H25NO3.C2H4O2.CH4.HNO2.Na.Zn/c1-23(2,3)18-10-14-4-6-16(12-17(14)21(18)26-28)25-22(27)24(8-9-24)15-5-7-19-20(11-15)30-13-29-19;1-23(2,3)18-10-14-4-6-16(12-17(14)21(18)25)26-22(27)24(8-9-24)15-5-7-19-20(11-15)29-13-28-19;1-23(2,3)18-10-15-4-6-19(12-16(15)11-18)25-22(26)24(8-9-24)17-5-7-20-21(13-17)28-14-27-20;1-2(3)4;;2-1-3;;/h4-7,11-12H,8-10,13H2,1-3H3,(H,25,27);4-7,11-12H,8-10,13,25H2,1-3H3,(H,26,27);4-7,11-13H,8-10,14H2,1-3H3,(H,25,26);1H3,(H,3,4);1H4;(H,2,3);;/q;;;;;;+1;/p-1. The van der Waals surface area contributed by atoms with Gasteiger partial charge in [-0.3, -0.25) is 19.2 Å².